The molecule has 8 heteroatoms. The lowest BCUT2D eigenvalue weighted by atomic mass is 10.0. The van der Waals surface area contributed by atoms with Crippen LogP contribution in [-0.2, 0) is 17.8 Å². The van der Waals surface area contributed by atoms with E-state index in [4.69, 9.17) is 20.9 Å². The van der Waals surface area contributed by atoms with Gasteiger partial charge in [0, 0.05) is 49.1 Å². The number of amides is 1. The fraction of sp³-hybridized carbons (Fsp3) is 0.375. The first kappa shape index (κ1) is 22.3. The van der Waals surface area contributed by atoms with Crippen LogP contribution in [0, 0.1) is 0 Å². The number of aryl methyl sites for hydroxylation is 1. The Labute approximate surface area is 192 Å². The number of likely N-dealkylation sites (tertiary alicyclic amines) is 1. The number of benzene rings is 2. The molecule has 0 aliphatic carbocycles. The molecule has 168 valence electrons. The van der Waals surface area contributed by atoms with Gasteiger partial charge in [0.15, 0.2) is 0 Å². The normalized spacial score (nSPS) is 14.9. The number of carbonyl (C=O) groups is 1. The van der Waals surface area contributed by atoms with Crippen molar-refractivity contribution in [3.8, 4) is 17.1 Å². The second-order valence-corrected chi connectivity index (χ2v) is 8.42. The van der Waals surface area contributed by atoms with Gasteiger partial charge in [-0.15, -0.1) is 0 Å². The summed E-state index contributed by atoms with van der Waals surface area (Å²) in [6.45, 7) is 2.83. The van der Waals surface area contributed by atoms with Crippen LogP contribution in [0.4, 0.5) is 0 Å². The summed E-state index contributed by atoms with van der Waals surface area (Å²) in [5.41, 5.74) is 2.10. The third-order valence-electron chi connectivity index (χ3n) is 5.65. The third-order valence-corrected chi connectivity index (χ3v) is 5.91. The predicted molar refractivity (Wildman–Crippen MR) is 123 cm³/mol. The van der Waals surface area contributed by atoms with E-state index in [1.807, 2.05) is 36.4 Å². The van der Waals surface area contributed by atoms with Crippen LogP contribution in [0.5, 0.6) is 5.75 Å². The van der Waals surface area contributed by atoms with Crippen LogP contribution in [0.1, 0.15) is 30.7 Å². The smallest absolute Gasteiger partial charge is 0.227 e. The molecule has 0 bridgehead atoms. The first-order chi connectivity index (χ1) is 15.6. The highest BCUT2D eigenvalue weighted by Crippen LogP contribution is 2.20. The van der Waals surface area contributed by atoms with E-state index in [9.17, 15) is 4.79 Å². The molecule has 3 aromatic rings. The Morgan fingerprint density at radius 2 is 1.88 bits per heavy atom. The number of aromatic nitrogens is 2. The van der Waals surface area contributed by atoms with E-state index in [0.29, 0.717) is 24.6 Å². The molecule has 7 nitrogen and oxygen atoms in total. The maximum Gasteiger partial charge on any atom is 0.227 e. The van der Waals surface area contributed by atoms with E-state index in [1.54, 1.807) is 7.11 Å². The number of hydrogen-bond donors (Lipinski definition) is 1. The van der Waals surface area contributed by atoms with E-state index in [1.165, 1.54) is 5.56 Å². The number of piperidine rings is 1. The van der Waals surface area contributed by atoms with Crippen molar-refractivity contribution in [2.45, 2.75) is 38.3 Å². The van der Waals surface area contributed by atoms with Crippen molar-refractivity contribution in [2.24, 2.45) is 0 Å². The van der Waals surface area contributed by atoms with Crippen molar-refractivity contribution in [1.29, 1.82) is 0 Å². The molecular weight excluding hydrogens is 428 g/mol. The lowest BCUT2D eigenvalue weighted by Crippen LogP contribution is -2.44. The Kier molecular flexibility index (Phi) is 7.39. The molecule has 1 aliphatic heterocycles. The molecular formula is C24H27ClN4O3. The third kappa shape index (κ3) is 6.08. The second kappa shape index (κ2) is 10.6. The van der Waals surface area contributed by atoms with Gasteiger partial charge in [-0.05, 0) is 54.8 Å². The fourth-order valence-electron chi connectivity index (χ4n) is 3.82. The van der Waals surface area contributed by atoms with Gasteiger partial charge in [-0.2, -0.15) is 4.98 Å². The predicted octanol–water partition coefficient (Wildman–Crippen LogP) is 4.11. The number of ether oxygens (including phenoxy) is 1. The molecule has 32 heavy (non-hydrogen) atoms. The molecule has 1 aromatic heterocycles. The second-order valence-electron chi connectivity index (χ2n) is 7.98. The lowest BCUT2D eigenvalue weighted by Gasteiger charge is -2.32. The number of nitrogens with zero attached hydrogens (tertiary/aromatic N) is 3. The Morgan fingerprint density at radius 1 is 1.16 bits per heavy atom. The van der Waals surface area contributed by atoms with Gasteiger partial charge in [0.2, 0.25) is 17.6 Å². The van der Waals surface area contributed by atoms with Gasteiger partial charge in [-0.1, -0.05) is 28.9 Å². The highest BCUT2D eigenvalue weighted by molar-refractivity contribution is 6.30. The largest absolute Gasteiger partial charge is 0.497 e. The van der Waals surface area contributed by atoms with Gasteiger partial charge in [0.1, 0.15) is 5.75 Å². The van der Waals surface area contributed by atoms with Gasteiger partial charge < -0.3 is 14.6 Å². The summed E-state index contributed by atoms with van der Waals surface area (Å²) in [5, 5.41) is 7.91. The molecule has 2 aromatic carbocycles. The fourth-order valence-corrected chi connectivity index (χ4v) is 3.94. The number of halogens is 1. The topological polar surface area (TPSA) is 80.5 Å². The van der Waals surface area contributed by atoms with Gasteiger partial charge in [-0.25, -0.2) is 0 Å². The summed E-state index contributed by atoms with van der Waals surface area (Å²) in [5.74, 6) is 1.76. The van der Waals surface area contributed by atoms with Crippen LogP contribution in [-0.4, -0.2) is 47.2 Å². The van der Waals surface area contributed by atoms with Crippen molar-refractivity contribution in [3.63, 3.8) is 0 Å². The standard InChI is InChI=1S/C24H27ClN4O3/c1-31-21-8-4-18(5-9-21)24-27-23(32-28-24)11-10-22(30)26-20-12-14-29(15-13-20)16-17-2-6-19(25)7-3-17/h2-9,20H,10-16H2,1H3,(H,26,30). The molecule has 0 spiro atoms. The summed E-state index contributed by atoms with van der Waals surface area (Å²) < 4.78 is 10.5. The number of nitrogens with one attached hydrogen (secondary N) is 1. The number of carbonyl (C=O) groups excluding carboxylic acids is 1. The van der Waals surface area contributed by atoms with Crippen molar-refractivity contribution >= 4 is 17.5 Å². The monoisotopic (exact) mass is 454 g/mol. The van der Waals surface area contributed by atoms with E-state index in [0.717, 1.165) is 48.8 Å². The van der Waals surface area contributed by atoms with Crippen LogP contribution >= 0.6 is 11.6 Å². The Balaban J connectivity index is 1.19. The van der Waals surface area contributed by atoms with Crippen LogP contribution in [0.3, 0.4) is 0 Å². The van der Waals surface area contributed by atoms with Gasteiger partial charge in [0.05, 0.1) is 7.11 Å². The summed E-state index contributed by atoms with van der Waals surface area (Å²) in [4.78, 5) is 19.2. The number of rotatable bonds is 8. The van der Waals surface area contributed by atoms with Gasteiger partial charge >= 0.3 is 0 Å². The van der Waals surface area contributed by atoms with Crippen molar-refractivity contribution in [1.82, 2.24) is 20.4 Å². The Morgan fingerprint density at radius 3 is 2.56 bits per heavy atom. The first-order valence-electron chi connectivity index (χ1n) is 10.8. The maximum absolute atomic E-state index is 12.4. The van der Waals surface area contributed by atoms with Crippen LogP contribution in [0.15, 0.2) is 53.1 Å². The van der Waals surface area contributed by atoms with Crippen LogP contribution in [0.2, 0.25) is 5.02 Å². The molecule has 4 rings (SSSR count). The van der Waals surface area contributed by atoms with E-state index in [2.05, 4.69) is 32.5 Å². The van der Waals surface area contributed by atoms with Crippen LogP contribution in [0.25, 0.3) is 11.4 Å². The minimum Gasteiger partial charge on any atom is -0.497 e. The van der Waals surface area contributed by atoms with Crippen molar-refractivity contribution in [2.75, 3.05) is 20.2 Å². The quantitative estimate of drug-likeness (QED) is 0.551. The molecule has 0 saturated carbocycles. The highest BCUT2D eigenvalue weighted by atomic mass is 35.5. The SMILES string of the molecule is COc1ccc(-c2noc(CCC(=O)NC3CCN(Cc4ccc(Cl)cc4)CC3)n2)cc1. The van der Waals surface area contributed by atoms with E-state index >= 15 is 0 Å². The molecule has 0 atom stereocenters. The molecule has 1 fully saturated rings. The minimum atomic E-state index is 0.0188. The average molecular weight is 455 g/mol. The molecule has 0 radical (unpaired) electrons. The summed E-state index contributed by atoms with van der Waals surface area (Å²) in [6, 6.07) is 15.6. The molecule has 1 N–H and O–H groups in total. The zero-order chi connectivity index (χ0) is 22.3. The molecule has 1 saturated heterocycles. The Hall–Kier alpha value is -2.90. The van der Waals surface area contributed by atoms with Crippen LogP contribution < -0.4 is 10.1 Å². The first-order valence-corrected chi connectivity index (χ1v) is 11.2. The van der Waals surface area contributed by atoms with Crippen molar-refractivity contribution < 1.29 is 14.1 Å². The summed E-state index contributed by atoms with van der Waals surface area (Å²) in [6.07, 6.45) is 2.64. The van der Waals surface area contributed by atoms with E-state index < -0.39 is 0 Å². The maximum atomic E-state index is 12.4. The summed E-state index contributed by atoms with van der Waals surface area (Å²) >= 11 is 5.95. The Bertz CT molecular complexity index is 1010. The molecule has 0 unspecified atom stereocenters. The zero-order valence-corrected chi connectivity index (χ0v) is 18.8. The highest BCUT2D eigenvalue weighted by Gasteiger charge is 2.21. The van der Waals surface area contributed by atoms with Crippen molar-refractivity contribution in [3.05, 3.63) is 65.0 Å². The molecule has 1 amide bonds. The average Bonchev–Trinajstić information content (AvgIpc) is 3.30. The minimum absolute atomic E-state index is 0.0188. The summed E-state index contributed by atoms with van der Waals surface area (Å²) in [7, 11) is 1.62. The number of methoxy groups -OCH3 is 1. The van der Waals surface area contributed by atoms with E-state index in [-0.39, 0.29) is 11.9 Å². The van der Waals surface area contributed by atoms with Gasteiger partial charge in [-0.3, -0.25) is 9.69 Å². The molecule has 1 aliphatic rings. The number of hydrogen-bond acceptors (Lipinski definition) is 6. The van der Waals surface area contributed by atoms with Gasteiger partial charge in [0.25, 0.3) is 0 Å². The molecule has 2 heterocycles. The lowest BCUT2D eigenvalue weighted by molar-refractivity contribution is -0.122. The zero-order valence-electron chi connectivity index (χ0n) is 18.1.